The summed E-state index contributed by atoms with van der Waals surface area (Å²) in [5, 5.41) is 0. The molecule has 0 spiro atoms. The molecule has 0 saturated heterocycles. The second-order valence-electron chi connectivity index (χ2n) is 4.53. The van der Waals surface area contributed by atoms with Crippen LogP contribution in [0.3, 0.4) is 0 Å². The number of hydrogen-bond donors (Lipinski definition) is 0. The first-order chi connectivity index (χ1) is 9.41. The monoisotopic (exact) mass is 354 g/mol. The molecule has 0 aliphatic carbocycles. The molecule has 1 aromatic heterocycles. The van der Waals surface area contributed by atoms with Gasteiger partial charge in [0.1, 0.15) is 0 Å². The molecule has 0 atom stereocenters. The normalized spacial score (nSPS) is 11.8. The fourth-order valence-corrected chi connectivity index (χ4v) is 3.77. The zero-order valence-electron chi connectivity index (χ0n) is 11.2. The van der Waals surface area contributed by atoms with Gasteiger partial charge in [0.05, 0.1) is 4.90 Å². The lowest BCUT2D eigenvalue weighted by molar-refractivity contribution is 0.465. The Balaban J connectivity index is 2.32. The average Bonchev–Trinajstić information content (AvgIpc) is 2.42. The van der Waals surface area contributed by atoms with Gasteiger partial charge in [-0.1, -0.05) is 28.1 Å². The Kier molecular flexibility index (Phi) is 4.57. The molecule has 0 saturated carbocycles. The van der Waals surface area contributed by atoms with Gasteiger partial charge < -0.3 is 0 Å². The Morgan fingerprint density at radius 1 is 1.30 bits per heavy atom. The highest BCUT2D eigenvalue weighted by Crippen LogP contribution is 2.24. The van der Waals surface area contributed by atoms with Crippen LogP contribution in [-0.2, 0) is 16.6 Å². The summed E-state index contributed by atoms with van der Waals surface area (Å²) in [6, 6.07) is 8.89. The molecule has 0 amide bonds. The number of pyridine rings is 1. The summed E-state index contributed by atoms with van der Waals surface area (Å²) in [6.07, 6.45) is 3.33. The van der Waals surface area contributed by atoms with Crippen molar-refractivity contribution >= 4 is 26.0 Å². The van der Waals surface area contributed by atoms with Gasteiger partial charge in [0, 0.05) is 30.5 Å². The van der Waals surface area contributed by atoms with Crippen molar-refractivity contribution in [3.8, 4) is 0 Å². The molecule has 20 heavy (non-hydrogen) atoms. The van der Waals surface area contributed by atoms with E-state index in [0.29, 0.717) is 11.4 Å². The molecule has 1 heterocycles. The predicted molar refractivity (Wildman–Crippen MR) is 81.8 cm³/mol. The number of nitrogens with zero attached hydrogens (tertiary/aromatic N) is 2. The van der Waals surface area contributed by atoms with E-state index in [1.807, 2.05) is 12.1 Å². The summed E-state index contributed by atoms with van der Waals surface area (Å²) in [4.78, 5) is 4.31. The molecule has 1 aromatic carbocycles. The van der Waals surface area contributed by atoms with Crippen LogP contribution in [-0.4, -0.2) is 24.8 Å². The van der Waals surface area contributed by atoms with Crippen LogP contribution < -0.4 is 0 Å². The van der Waals surface area contributed by atoms with Crippen LogP contribution >= 0.6 is 15.9 Å². The second-order valence-corrected chi connectivity index (χ2v) is 7.46. The van der Waals surface area contributed by atoms with Gasteiger partial charge in [-0.25, -0.2) is 8.42 Å². The third-order valence-electron chi connectivity index (χ3n) is 2.97. The molecule has 2 rings (SSSR count). The molecule has 2 aromatic rings. The average molecular weight is 355 g/mol. The van der Waals surface area contributed by atoms with Crippen LogP contribution in [0.15, 0.2) is 52.1 Å². The minimum atomic E-state index is -3.51. The van der Waals surface area contributed by atoms with Crippen molar-refractivity contribution < 1.29 is 8.42 Å². The predicted octanol–water partition coefficient (Wildman–Crippen LogP) is 2.97. The molecular formula is C14H15BrN2O2S. The van der Waals surface area contributed by atoms with Gasteiger partial charge in [-0.2, -0.15) is 4.31 Å². The molecule has 4 nitrogen and oxygen atoms in total. The molecule has 0 fully saturated rings. The fourth-order valence-electron chi connectivity index (χ4n) is 1.85. The zero-order valence-corrected chi connectivity index (χ0v) is 13.6. The van der Waals surface area contributed by atoms with E-state index < -0.39 is 10.0 Å². The second kappa shape index (κ2) is 6.03. The minimum absolute atomic E-state index is 0.294. The fraction of sp³-hybridized carbons (Fsp3) is 0.214. The number of sulfonamides is 1. The standard InChI is InChI=1S/C14H15BrN2O2S/c1-11-5-6-13(15)8-14(11)20(18,19)17(2)10-12-4-3-7-16-9-12/h3-9H,10H2,1-2H3. The van der Waals surface area contributed by atoms with Crippen LogP contribution in [0, 0.1) is 6.92 Å². The smallest absolute Gasteiger partial charge is 0.243 e. The molecule has 0 N–H and O–H groups in total. The van der Waals surface area contributed by atoms with E-state index >= 15 is 0 Å². The van der Waals surface area contributed by atoms with Crippen LogP contribution in [0.4, 0.5) is 0 Å². The Morgan fingerprint density at radius 2 is 2.05 bits per heavy atom. The minimum Gasteiger partial charge on any atom is -0.264 e. The third kappa shape index (κ3) is 3.26. The maximum absolute atomic E-state index is 12.6. The molecule has 0 aliphatic heterocycles. The zero-order chi connectivity index (χ0) is 14.8. The van der Waals surface area contributed by atoms with Crippen LogP contribution in [0.5, 0.6) is 0 Å². The van der Waals surface area contributed by atoms with Gasteiger partial charge in [-0.3, -0.25) is 4.98 Å². The van der Waals surface area contributed by atoms with E-state index in [-0.39, 0.29) is 0 Å². The van der Waals surface area contributed by atoms with E-state index in [4.69, 9.17) is 0 Å². The van der Waals surface area contributed by atoms with Crippen molar-refractivity contribution in [2.24, 2.45) is 0 Å². The first kappa shape index (κ1) is 15.2. The number of halogens is 1. The van der Waals surface area contributed by atoms with E-state index in [2.05, 4.69) is 20.9 Å². The topological polar surface area (TPSA) is 50.3 Å². The summed E-state index contributed by atoms with van der Waals surface area (Å²) in [5.74, 6) is 0. The van der Waals surface area contributed by atoms with E-state index in [1.54, 1.807) is 44.6 Å². The number of rotatable bonds is 4. The molecule has 0 aliphatic rings. The molecule has 0 bridgehead atoms. The van der Waals surface area contributed by atoms with Crippen LogP contribution in [0.2, 0.25) is 0 Å². The summed E-state index contributed by atoms with van der Waals surface area (Å²) >= 11 is 3.31. The van der Waals surface area contributed by atoms with Gasteiger partial charge >= 0.3 is 0 Å². The highest BCUT2D eigenvalue weighted by atomic mass is 79.9. The molecular weight excluding hydrogens is 340 g/mol. The summed E-state index contributed by atoms with van der Waals surface area (Å²) in [5.41, 5.74) is 1.58. The van der Waals surface area contributed by atoms with Crippen molar-refractivity contribution in [2.75, 3.05) is 7.05 Å². The number of hydrogen-bond acceptors (Lipinski definition) is 3. The summed E-state index contributed by atoms with van der Waals surface area (Å²) in [6.45, 7) is 2.08. The Morgan fingerprint density at radius 3 is 2.70 bits per heavy atom. The Hall–Kier alpha value is -1.24. The van der Waals surface area contributed by atoms with Crippen molar-refractivity contribution in [3.05, 3.63) is 58.3 Å². The van der Waals surface area contributed by atoms with Crippen molar-refractivity contribution in [1.29, 1.82) is 0 Å². The lowest BCUT2D eigenvalue weighted by Crippen LogP contribution is -2.27. The third-order valence-corrected chi connectivity index (χ3v) is 5.41. The number of aromatic nitrogens is 1. The first-order valence-electron chi connectivity index (χ1n) is 6.02. The maximum Gasteiger partial charge on any atom is 0.243 e. The highest BCUT2D eigenvalue weighted by molar-refractivity contribution is 9.10. The number of benzene rings is 1. The first-order valence-corrected chi connectivity index (χ1v) is 8.26. The van der Waals surface area contributed by atoms with Crippen LogP contribution in [0.25, 0.3) is 0 Å². The van der Waals surface area contributed by atoms with E-state index in [9.17, 15) is 8.42 Å². The Labute approximate surface area is 127 Å². The van der Waals surface area contributed by atoms with Gasteiger partial charge in [0.25, 0.3) is 0 Å². The van der Waals surface area contributed by atoms with Crippen molar-refractivity contribution in [1.82, 2.24) is 9.29 Å². The maximum atomic E-state index is 12.6. The lowest BCUT2D eigenvalue weighted by atomic mass is 10.2. The van der Waals surface area contributed by atoms with Gasteiger partial charge in [0.15, 0.2) is 0 Å². The van der Waals surface area contributed by atoms with E-state index in [0.717, 1.165) is 15.6 Å². The largest absolute Gasteiger partial charge is 0.264 e. The molecule has 106 valence electrons. The summed E-state index contributed by atoms with van der Waals surface area (Å²) in [7, 11) is -1.94. The van der Waals surface area contributed by atoms with Crippen LogP contribution in [0.1, 0.15) is 11.1 Å². The quantitative estimate of drug-likeness (QED) is 0.847. The van der Waals surface area contributed by atoms with Crippen molar-refractivity contribution in [3.63, 3.8) is 0 Å². The molecule has 0 unspecified atom stereocenters. The van der Waals surface area contributed by atoms with Gasteiger partial charge in [-0.15, -0.1) is 0 Å². The SMILES string of the molecule is Cc1ccc(Br)cc1S(=O)(=O)N(C)Cc1cccnc1. The summed E-state index contributed by atoms with van der Waals surface area (Å²) < 4.78 is 27.3. The van der Waals surface area contributed by atoms with Gasteiger partial charge in [0.2, 0.25) is 10.0 Å². The molecule has 0 radical (unpaired) electrons. The Bertz CT molecular complexity index is 702. The van der Waals surface area contributed by atoms with E-state index in [1.165, 1.54) is 4.31 Å². The van der Waals surface area contributed by atoms with Crippen molar-refractivity contribution in [2.45, 2.75) is 18.4 Å². The highest BCUT2D eigenvalue weighted by Gasteiger charge is 2.23. The van der Waals surface area contributed by atoms with Gasteiger partial charge in [-0.05, 0) is 36.2 Å². The lowest BCUT2D eigenvalue weighted by Gasteiger charge is -2.18. The number of aryl methyl sites for hydroxylation is 1. The molecule has 6 heteroatoms.